The van der Waals surface area contributed by atoms with Gasteiger partial charge < -0.3 is 25.4 Å². The van der Waals surface area contributed by atoms with Crippen LogP contribution in [-0.2, 0) is 0 Å². The second-order valence-electron chi connectivity index (χ2n) is 3.81. The minimum absolute atomic E-state index is 0.00898. The van der Waals surface area contributed by atoms with Crippen molar-refractivity contribution in [2.75, 3.05) is 13.3 Å². The normalized spacial score (nSPS) is 17.2. The van der Waals surface area contributed by atoms with Crippen LogP contribution in [0.3, 0.4) is 0 Å². The first-order chi connectivity index (χ1) is 7.63. The van der Waals surface area contributed by atoms with Gasteiger partial charge in [-0.2, -0.15) is 0 Å². The zero-order valence-corrected chi connectivity index (χ0v) is 9.01. The Morgan fingerprint density at radius 1 is 1.31 bits per heavy atom. The summed E-state index contributed by atoms with van der Waals surface area (Å²) >= 11 is 0. The van der Waals surface area contributed by atoms with Crippen LogP contribution >= 0.6 is 0 Å². The van der Waals surface area contributed by atoms with Gasteiger partial charge in [0.25, 0.3) is 0 Å². The summed E-state index contributed by atoms with van der Waals surface area (Å²) in [6.45, 7) is 2.03. The lowest BCUT2D eigenvalue weighted by Gasteiger charge is -2.18. The van der Waals surface area contributed by atoms with Gasteiger partial charge in [0.05, 0.1) is 6.10 Å². The van der Waals surface area contributed by atoms with Gasteiger partial charge in [0, 0.05) is 6.54 Å². The zero-order valence-electron chi connectivity index (χ0n) is 9.01. The van der Waals surface area contributed by atoms with Gasteiger partial charge in [-0.1, -0.05) is 0 Å². The molecule has 2 rings (SSSR count). The molecule has 1 heterocycles. The molecule has 16 heavy (non-hydrogen) atoms. The monoisotopic (exact) mass is 225 g/mol. The van der Waals surface area contributed by atoms with Crippen LogP contribution in [0.2, 0.25) is 0 Å². The Hall–Kier alpha value is -1.30. The average molecular weight is 225 g/mol. The summed E-state index contributed by atoms with van der Waals surface area (Å²) in [6, 6.07) is 3.46. The molecule has 5 nitrogen and oxygen atoms in total. The van der Waals surface area contributed by atoms with E-state index in [1.807, 2.05) is 6.92 Å². The summed E-state index contributed by atoms with van der Waals surface area (Å²) in [4.78, 5) is 0. The number of aliphatic hydroxyl groups is 2. The fourth-order valence-electron chi connectivity index (χ4n) is 1.71. The number of aliphatic hydroxyl groups excluding tert-OH is 2. The SMILES string of the molecule is Cc1cc2c(cc1C(O)C(O)CN)OCO2. The zero-order chi connectivity index (χ0) is 11.7. The third kappa shape index (κ3) is 1.84. The number of ether oxygens (including phenoxy) is 2. The van der Waals surface area contributed by atoms with Crippen molar-refractivity contribution in [3.05, 3.63) is 23.3 Å². The van der Waals surface area contributed by atoms with Gasteiger partial charge in [-0.15, -0.1) is 0 Å². The second kappa shape index (κ2) is 4.29. The molecule has 2 unspecified atom stereocenters. The lowest BCUT2D eigenvalue weighted by molar-refractivity contribution is 0.0239. The Bertz CT molecular complexity index is 394. The number of hydrogen-bond donors (Lipinski definition) is 3. The molecule has 5 heteroatoms. The maximum Gasteiger partial charge on any atom is 0.231 e. The predicted molar refractivity (Wildman–Crippen MR) is 57.3 cm³/mol. The van der Waals surface area contributed by atoms with Crippen LogP contribution < -0.4 is 15.2 Å². The number of hydrogen-bond acceptors (Lipinski definition) is 5. The van der Waals surface area contributed by atoms with Crippen LogP contribution in [0.1, 0.15) is 17.2 Å². The first-order valence-electron chi connectivity index (χ1n) is 5.10. The Labute approximate surface area is 93.4 Å². The predicted octanol–water partition coefficient (Wildman–Crippen LogP) is 0.0767. The van der Waals surface area contributed by atoms with E-state index in [-0.39, 0.29) is 13.3 Å². The number of rotatable bonds is 3. The van der Waals surface area contributed by atoms with E-state index in [0.717, 1.165) is 5.56 Å². The standard InChI is InChI=1S/C11H15NO4/c1-6-2-9-10(16-5-15-9)3-7(6)11(14)8(13)4-12/h2-3,8,11,13-14H,4-5,12H2,1H3. The summed E-state index contributed by atoms with van der Waals surface area (Å²) < 4.78 is 10.4. The molecule has 1 aliphatic rings. The van der Waals surface area contributed by atoms with Crippen molar-refractivity contribution < 1.29 is 19.7 Å². The molecule has 1 aromatic carbocycles. The summed E-state index contributed by atoms with van der Waals surface area (Å²) in [5, 5.41) is 19.4. The summed E-state index contributed by atoms with van der Waals surface area (Å²) in [5.41, 5.74) is 6.76. The van der Waals surface area contributed by atoms with E-state index in [1.54, 1.807) is 12.1 Å². The molecule has 2 atom stereocenters. The first-order valence-corrected chi connectivity index (χ1v) is 5.10. The number of benzene rings is 1. The summed E-state index contributed by atoms with van der Waals surface area (Å²) in [5.74, 6) is 1.25. The quantitative estimate of drug-likeness (QED) is 0.678. The van der Waals surface area contributed by atoms with Gasteiger partial charge in [0.2, 0.25) is 6.79 Å². The highest BCUT2D eigenvalue weighted by Gasteiger charge is 2.23. The molecule has 0 saturated heterocycles. The molecule has 0 amide bonds. The van der Waals surface area contributed by atoms with Crippen LogP contribution in [0.5, 0.6) is 11.5 Å². The minimum atomic E-state index is -1.00. The van der Waals surface area contributed by atoms with E-state index < -0.39 is 12.2 Å². The van der Waals surface area contributed by atoms with E-state index in [2.05, 4.69) is 0 Å². The molecule has 0 aliphatic carbocycles. The minimum Gasteiger partial charge on any atom is -0.454 e. The van der Waals surface area contributed by atoms with Crippen LogP contribution in [-0.4, -0.2) is 29.7 Å². The van der Waals surface area contributed by atoms with Crippen molar-refractivity contribution in [1.82, 2.24) is 0 Å². The lowest BCUT2D eigenvalue weighted by atomic mass is 9.99. The van der Waals surface area contributed by atoms with Gasteiger partial charge in [-0.25, -0.2) is 0 Å². The molecular formula is C11H15NO4. The fourth-order valence-corrected chi connectivity index (χ4v) is 1.71. The number of nitrogens with two attached hydrogens (primary N) is 1. The third-order valence-electron chi connectivity index (χ3n) is 2.69. The fraction of sp³-hybridized carbons (Fsp3) is 0.455. The molecule has 88 valence electrons. The van der Waals surface area contributed by atoms with E-state index in [0.29, 0.717) is 17.1 Å². The highest BCUT2D eigenvalue weighted by Crippen LogP contribution is 2.37. The molecule has 0 radical (unpaired) electrons. The highest BCUT2D eigenvalue weighted by atomic mass is 16.7. The van der Waals surface area contributed by atoms with Crippen molar-refractivity contribution in [3.8, 4) is 11.5 Å². The molecule has 0 bridgehead atoms. The van der Waals surface area contributed by atoms with Crippen LogP contribution in [0, 0.1) is 6.92 Å². The lowest BCUT2D eigenvalue weighted by Crippen LogP contribution is -2.27. The van der Waals surface area contributed by atoms with Gasteiger partial charge in [-0.05, 0) is 30.2 Å². The largest absolute Gasteiger partial charge is 0.454 e. The van der Waals surface area contributed by atoms with E-state index >= 15 is 0 Å². The topological polar surface area (TPSA) is 84.9 Å². The molecule has 1 aliphatic heterocycles. The molecule has 0 fully saturated rings. The molecule has 4 N–H and O–H groups in total. The van der Waals surface area contributed by atoms with Crippen molar-refractivity contribution in [2.45, 2.75) is 19.1 Å². The van der Waals surface area contributed by atoms with Crippen molar-refractivity contribution >= 4 is 0 Å². The third-order valence-corrected chi connectivity index (χ3v) is 2.69. The van der Waals surface area contributed by atoms with E-state index in [4.69, 9.17) is 15.2 Å². The van der Waals surface area contributed by atoms with Gasteiger partial charge in [-0.3, -0.25) is 0 Å². The smallest absolute Gasteiger partial charge is 0.231 e. The van der Waals surface area contributed by atoms with E-state index in [9.17, 15) is 10.2 Å². The van der Waals surface area contributed by atoms with Crippen LogP contribution in [0.4, 0.5) is 0 Å². The van der Waals surface area contributed by atoms with Crippen molar-refractivity contribution in [3.63, 3.8) is 0 Å². The Balaban J connectivity index is 2.34. The Morgan fingerprint density at radius 3 is 2.56 bits per heavy atom. The molecule has 0 aromatic heterocycles. The maximum atomic E-state index is 9.87. The Morgan fingerprint density at radius 2 is 1.94 bits per heavy atom. The molecule has 1 aromatic rings. The van der Waals surface area contributed by atoms with Crippen molar-refractivity contribution in [2.24, 2.45) is 5.73 Å². The number of aryl methyl sites for hydroxylation is 1. The van der Waals surface area contributed by atoms with Crippen molar-refractivity contribution in [1.29, 1.82) is 0 Å². The molecule has 0 saturated carbocycles. The molecular weight excluding hydrogens is 210 g/mol. The molecule has 0 spiro atoms. The van der Waals surface area contributed by atoms with Crippen LogP contribution in [0.25, 0.3) is 0 Å². The van der Waals surface area contributed by atoms with Gasteiger partial charge in [0.1, 0.15) is 6.10 Å². The Kier molecular flexibility index (Phi) is 3.00. The summed E-state index contributed by atoms with van der Waals surface area (Å²) in [6.07, 6.45) is -1.97. The van der Waals surface area contributed by atoms with Crippen LogP contribution in [0.15, 0.2) is 12.1 Å². The van der Waals surface area contributed by atoms with Gasteiger partial charge >= 0.3 is 0 Å². The first kappa shape index (κ1) is 11.2. The summed E-state index contributed by atoms with van der Waals surface area (Å²) in [7, 11) is 0. The average Bonchev–Trinajstić information content (AvgIpc) is 2.72. The maximum absolute atomic E-state index is 9.87. The van der Waals surface area contributed by atoms with E-state index in [1.165, 1.54) is 0 Å². The number of fused-ring (bicyclic) bond motifs is 1. The second-order valence-corrected chi connectivity index (χ2v) is 3.81. The van der Waals surface area contributed by atoms with Gasteiger partial charge in [0.15, 0.2) is 11.5 Å². The highest BCUT2D eigenvalue weighted by molar-refractivity contribution is 5.49.